The molecular formula is C9H19NO6. The summed E-state index contributed by atoms with van der Waals surface area (Å²) in [5.74, 6) is 0. The van der Waals surface area contributed by atoms with Crippen molar-refractivity contribution < 1.29 is 30.3 Å². The van der Waals surface area contributed by atoms with Crippen molar-refractivity contribution in [3.8, 4) is 0 Å². The van der Waals surface area contributed by atoms with E-state index in [0.29, 0.717) is 6.54 Å². The van der Waals surface area contributed by atoms with Crippen LogP contribution in [0.3, 0.4) is 0 Å². The van der Waals surface area contributed by atoms with Crippen LogP contribution < -0.4 is 5.73 Å². The molecule has 96 valence electrons. The molecule has 0 aliphatic carbocycles. The predicted molar refractivity (Wildman–Crippen MR) is 56.4 cm³/mol. The Morgan fingerprint density at radius 2 is 1.62 bits per heavy atom. The molecule has 0 aromatic carbocycles. The Morgan fingerprint density at radius 1 is 1.19 bits per heavy atom. The molecule has 4 unspecified atom stereocenters. The number of carbonyl (C=O) groups is 1. The lowest BCUT2D eigenvalue weighted by Gasteiger charge is -2.22. The van der Waals surface area contributed by atoms with Gasteiger partial charge in [0.05, 0.1) is 6.61 Å². The molecule has 0 radical (unpaired) electrons. The lowest BCUT2D eigenvalue weighted by atomic mass is 10.0. The maximum atomic E-state index is 9.90. The summed E-state index contributed by atoms with van der Waals surface area (Å²) in [6.45, 7) is 3.18. The van der Waals surface area contributed by atoms with Gasteiger partial charge in [-0.2, -0.15) is 0 Å². The highest BCUT2D eigenvalue weighted by molar-refractivity contribution is 5.56. The first-order valence-electron chi connectivity index (χ1n) is 4.55. The van der Waals surface area contributed by atoms with Crippen molar-refractivity contribution in [3.05, 3.63) is 12.7 Å². The van der Waals surface area contributed by atoms with Crippen LogP contribution in [-0.2, 0) is 4.79 Å². The second-order valence-corrected chi connectivity index (χ2v) is 2.88. The van der Waals surface area contributed by atoms with Crippen molar-refractivity contribution in [2.24, 2.45) is 5.73 Å². The van der Waals surface area contributed by atoms with Crippen LogP contribution in [0.4, 0.5) is 0 Å². The number of nitrogens with two attached hydrogens (primary N) is 1. The summed E-state index contributed by atoms with van der Waals surface area (Å²) >= 11 is 0. The fourth-order valence-electron chi connectivity index (χ4n) is 0.618. The van der Waals surface area contributed by atoms with E-state index in [9.17, 15) is 4.79 Å². The lowest BCUT2D eigenvalue weighted by molar-refractivity contribution is -0.136. The molecule has 0 spiro atoms. The average Bonchev–Trinajstić information content (AvgIpc) is 2.34. The highest BCUT2D eigenvalue weighted by atomic mass is 16.4. The first-order valence-corrected chi connectivity index (χ1v) is 4.55. The fourth-order valence-corrected chi connectivity index (χ4v) is 0.618. The normalized spacial score (nSPS) is 17.4. The molecule has 0 aliphatic rings. The maximum Gasteiger partial charge on any atom is 0.151 e. The summed E-state index contributed by atoms with van der Waals surface area (Å²) < 4.78 is 0. The Kier molecular flexibility index (Phi) is 11.7. The largest absolute Gasteiger partial charge is 0.394 e. The zero-order valence-electron chi connectivity index (χ0n) is 8.81. The molecule has 0 aromatic heterocycles. The first kappa shape index (κ1) is 17.6. The second kappa shape index (κ2) is 10.7. The maximum absolute atomic E-state index is 9.90. The molecule has 0 aliphatic heterocycles. The Morgan fingerprint density at radius 3 is 1.88 bits per heavy atom. The molecular weight excluding hydrogens is 218 g/mol. The van der Waals surface area contributed by atoms with Crippen molar-refractivity contribution >= 4 is 6.29 Å². The minimum Gasteiger partial charge on any atom is -0.394 e. The number of rotatable bonds is 6. The van der Waals surface area contributed by atoms with Crippen LogP contribution in [0, 0.1) is 0 Å². The number of aldehydes is 1. The van der Waals surface area contributed by atoms with Gasteiger partial charge in [0.25, 0.3) is 0 Å². The van der Waals surface area contributed by atoms with E-state index in [2.05, 4.69) is 6.58 Å². The van der Waals surface area contributed by atoms with Crippen molar-refractivity contribution in [1.29, 1.82) is 0 Å². The van der Waals surface area contributed by atoms with Crippen LogP contribution >= 0.6 is 0 Å². The number of aliphatic hydroxyl groups is 5. The highest BCUT2D eigenvalue weighted by Gasteiger charge is 2.29. The van der Waals surface area contributed by atoms with Gasteiger partial charge in [-0.1, -0.05) is 6.08 Å². The molecule has 0 heterocycles. The van der Waals surface area contributed by atoms with E-state index in [-0.39, 0.29) is 6.29 Å². The van der Waals surface area contributed by atoms with Crippen LogP contribution in [0.2, 0.25) is 0 Å². The molecule has 0 aromatic rings. The number of aliphatic hydroxyl groups excluding tert-OH is 5. The molecule has 7 nitrogen and oxygen atoms in total. The van der Waals surface area contributed by atoms with Gasteiger partial charge in [0.1, 0.15) is 24.4 Å². The van der Waals surface area contributed by atoms with Crippen molar-refractivity contribution in [2.45, 2.75) is 24.4 Å². The van der Waals surface area contributed by atoms with Gasteiger partial charge >= 0.3 is 0 Å². The Bertz CT molecular complexity index is 189. The average molecular weight is 237 g/mol. The molecule has 16 heavy (non-hydrogen) atoms. The second-order valence-electron chi connectivity index (χ2n) is 2.88. The van der Waals surface area contributed by atoms with Crippen molar-refractivity contribution in [1.82, 2.24) is 0 Å². The first-order chi connectivity index (χ1) is 7.45. The molecule has 0 saturated carbocycles. The Balaban J connectivity index is 0. The van der Waals surface area contributed by atoms with Gasteiger partial charge in [-0.15, -0.1) is 6.58 Å². The smallest absolute Gasteiger partial charge is 0.151 e. The van der Waals surface area contributed by atoms with Crippen LogP contribution in [0.15, 0.2) is 12.7 Å². The van der Waals surface area contributed by atoms with E-state index in [1.165, 1.54) is 0 Å². The zero-order chi connectivity index (χ0) is 13.1. The van der Waals surface area contributed by atoms with Crippen LogP contribution in [0.1, 0.15) is 0 Å². The number of hydrogen-bond acceptors (Lipinski definition) is 7. The highest BCUT2D eigenvalue weighted by Crippen LogP contribution is 2.02. The summed E-state index contributed by atoms with van der Waals surface area (Å²) in [7, 11) is 0. The molecule has 7 N–H and O–H groups in total. The van der Waals surface area contributed by atoms with Crippen LogP contribution in [-0.4, -0.2) is 69.4 Å². The molecule has 0 rings (SSSR count). The van der Waals surface area contributed by atoms with Gasteiger partial charge in [-0.25, -0.2) is 0 Å². The molecule has 0 bridgehead atoms. The van der Waals surface area contributed by atoms with Gasteiger partial charge in [0, 0.05) is 6.54 Å². The lowest BCUT2D eigenvalue weighted by Crippen LogP contribution is -2.46. The van der Waals surface area contributed by atoms with Gasteiger partial charge in [-0.3, -0.25) is 0 Å². The molecule has 0 amide bonds. The fraction of sp³-hybridized carbons (Fsp3) is 0.667. The van der Waals surface area contributed by atoms with E-state index in [1.807, 2.05) is 0 Å². The molecule has 0 saturated heterocycles. The monoisotopic (exact) mass is 237 g/mol. The molecule has 7 heteroatoms. The molecule has 4 atom stereocenters. The molecule has 0 fully saturated rings. The predicted octanol–water partition coefficient (Wildman–Crippen LogP) is -3.25. The number of hydrogen-bond donors (Lipinski definition) is 6. The quantitative estimate of drug-likeness (QED) is 0.210. The van der Waals surface area contributed by atoms with Crippen molar-refractivity contribution in [3.63, 3.8) is 0 Å². The van der Waals surface area contributed by atoms with Gasteiger partial charge < -0.3 is 36.1 Å². The van der Waals surface area contributed by atoms with E-state index in [1.54, 1.807) is 6.08 Å². The third-order valence-corrected chi connectivity index (χ3v) is 1.59. The van der Waals surface area contributed by atoms with Crippen molar-refractivity contribution in [2.75, 3.05) is 13.2 Å². The minimum absolute atomic E-state index is 0.0258. The van der Waals surface area contributed by atoms with E-state index < -0.39 is 31.0 Å². The van der Waals surface area contributed by atoms with E-state index in [0.717, 1.165) is 0 Å². The Labute approximate surface area is 93.4 Å². The summed E-state index contributed by atoms with van der Waals surface area (Å²) in [6, 6.07) is 0. The van der Waals surface area contributed by atoms with Gasteiger partial charge in [0.2, 0.25) is 0 Å². The Hall–Kier alpha value is -0.830. The van der Waals surface area contributed by atoms with Crippen LogP contribution in [0.25, 0.3) is 0 Å². The summed E-state index contributed by atoms with van der Waals surface area (Å²) in [5, 5.41) is 43.5. The SMILES string of the molecule is C=CCN.O=CC(O)C(O)C(O)C(O)CO. The summed E-state index contributed by atoms with van der Waals surface area (Å²) in [5.41, 5.74) is 4.91. The minimum atomic E-state index is -1.79. The zero-order valence-corrected chi connectivity index (χ0v) is 8.81. The topological polar surface area (TPSA) is 144 Å². The summed E-state index contributed by atoms with van der Waals surface area (Å²) in [4.78, 5) is 9.90. The third-order valence-electron chi connectivity index (χ3n) is 1.59. The standard InChI is InChI=1S/C6H12O6.C3H7N/c7-1-3(9)5(11)6(12)4(10)2-8;1-2-3-4/h1,3-6,8-12H,2H2;2H,1,3-4H2. The van der Waals surface area contributed by atoms with Gasteiger partial charge in [0.15, 0.2) is 6.29 Å². The number of carbonyl (C=O) groups excluding carboxylic acids is 1. The van der Waals surface area contributed by atoms with E-state index >= 15 is 0 Å². The summed E-state index contributed by atoms with van der Waals surface area (Å²) in [6.07, 6.45) is -5.19. The van der Waals surface area contributed by atoms with Gasteiger partial charge in [-0.05, 0) is 0 Å². The van der Waals surface area contributed by atoms with Crippen LogP contribution in [0.5, 0.6) is 0 Å². The van der Waals surface area contributed by atoms with E-state index in [4.69, 9.17) is 31.3 Å². The third kappa shape index (κ3) is 7.46.